The fraction of sp³-hybridized carbons (Fsp3) is 0.278. The maximum Gasteiger partial charge on any atom is 0.338 e. The molecule has 0 aromatic heterocycles. The SMILES string of the molecule is COC(OC)N(C)c1ccc(C(=O)OCc2ccccc2)cc1. The fourth-order valence-electron chi connectivity index (χ4n) is 2.17. The molecule has 0 spiro atoms. The highest BCUT2D eigenvalue weighted by Crippen LogP contribution is 2.17. The van der Waals surface area contributed by atoms with Gasteiger partial charge in [-0.25, -0.2) is 4.79 Å². The second kappa shape index (κ2) is 8.31. The van der Waals surface area contributed by atoms with Crippen molar-refractivity contribution in [3.63, 3.8) is 0 Å². The molecule has 0 heterocycles. The average Bonchev–Trinajstić information content (AvgIpc) is 2.61. The van der Waals surface area contributed by atoms with Crippen LogP contribution in [0.2, 0.25) is 0 Å². The van der Waals surface area contributed by atoms with Gasteiger partial charge in [-0.1, -0.05) is 30.3 Å². The summed E-state index contributed by atoms with van der Waals surface area (Å²) in [4.78, 5) is 13.9. The van der Waals surface area contributed by atoms with Gasteiger partial charge in [0.1, 0.15) is 6.61 Å². The van der Waals surface area contributed by atoms with Crippen molar-refractivity contribution in [1.82, 2.24) is 0 Å². The minimum absolute atomic E-state index is 0.261. The lowest BCUT2D eigenvalue weighted by Crippen LogP contribution is -2.34. The van der Waals surface area contributed by atoms with E-state index in [1.54, 1.807) is 26.4 Å². The predicted octanol–water partition coefficient (Wildman–Crippen LogP) is 3.06. The largest absolute Gasteiger partial charge is 0.457 e. The zero-order chi connectivity index (χ0) is 16.7. The number of nitrogens with zero attached hydrogens (tertiary/aromatic N) is 1. The maximum atomic E-state index is 12.1. The first kappa shape index (κ1) is 17.0. The Kier molecular flexibility index (Phi) is 6.14. The molecule has 2 aromatic carbocycles. The van der Waals surface area contributed by atoms with E-state index < -0.39 is 6.41 Å². The molecule has 0 aliphatic heterocycles. The third-order valence-corrected chi connectivity index (χ3v) is 3.44. The van der Waals surface area contributed by atoms with Crippen molar-refractivity contribution in [2.75, 3.05) is 26.2 Å². The Hall–Kier alpha value is -2.37. The molecular formula is C18H21NO4. The number of hydrogen-bond donors (Lipinski definition) is 0. The highest BCUT2D eigenvalue weighted by Gasteiger charge is 2.14. The molecule has 0 saturated heterocycles. The summed E-state index contributed by atoms with van der Waals surface area (Å²) >= 11 is 0. The van der Waals surface area contributed by atoms with Crippen LogP contribution in [0.5, 0.6) is 0 Å². The quantitative estimate of drug-likeness (QED) is 0.580. The first-order chi connectivity index (χ1) is 11.2. The molecule has 5 nitrogen and oxygen atoms in total. The van der Waals surface area contributed by atoms with Crippen LogP contribution >= 0.6 is 0 Å². The highest BCUT2D eigenvalue weighted by molar-refractivity contribution is 5.89. The molecule has 0 atom stereocenters. The van der Waals surface area contributed by atoms with Gasteiger partial charge >= 0.3 is 5.97 Å². The van der Waals surface area contributed by atoms with Crippen molar-refractivity contribution in [2.45, 2.75) is 13.0 Å². The second-order valence-corrected chi connectivity index (χ2v) is 5.00. The summed E-state index contributed by atoms with van der Waals surface area (Å²) in [7, 11) is 4.99. The van der Waals surface area contributed by atoms with Gasteiger partial charge in [0.25, 0.3) is 0 Å². The van der Waals surface area contributed by atoms with Gasteiger partial charge in [0.15, 0.2) is 0 Å². The van der Waals surface area contributed by atoms with E-state index in [9.17, 15) is 4.79 Å². The van der Waals surface area contributed by atoms with Gasteiger partial charge in [0, 0.05) is 27.0 Å². The van der Waals surface area contributed by atoms with Crippen LogP contribution in [0.25, 0.3) is 0 Å². The van der Waals surface area contributed by atoms with Crippen LogP contribution in [0.1, 0.15) is 15.9 Å². The van der Waals surface area contributed by atoms with Crippen molar-refractivity contribution >= 4 is 11.7 Å². The molecule has 122 valence electrons. The molecule has 2 rings (SSSR count). The zero-order valence-corrected chi connectivity index (χ0v) is 13.6. The Morgan fingerprint density at radius 2 is 1.61 bits per heavy atom. The summed E-state index contributed by atoms with van der Waals surface area (Å²) in [6, 6.07) is 16.7. The van der Waals surface area contributed by atoms with Crippen LogP contribution in [-0.2, 0) is 20.8 Å². The molecule has 0 amide bonds. The number of methoxy groups -OCH3 is 2. The smallest absolute Gasteiger partial charge is 0.338 e. The van der Waals surface area contributed by atoms with Gasteiger partial charge in [-0.2, -0.15) is 0 Å². The molecule has 23 heavy (non-hydrogen) atoms. The second-order valence-electron chi connectivity index (χ2n) is 5.00. The predicted molar refractivity (Wildman–Crippen MR) is 88.2 cm³/mol. The van der Waals surface area contributed by atoms with Gasteiger partial charge in [0.05, 0.1) is 5.56 Å². The standard InChI is InChI=1S/C18H21NO4/c1-19(18(21-2)22-3)16-11-9-15(10-12-16)17(20)23-13-14-7-5-4-6-8-14/h4-12,18H,13H2,1-3H3. The first-order valence-corrected chi connectivity index (χ1v) is 7.25. The highest BCUT2D eigenvalue weighted by atomic mass is 16.7. The van der Waals surface area contributed by atoms with Gasteiger partial charge in [0.2, 0.25) is 6.41 Å². The monoisotopic (exact) mass is 315 g/mol. The van der Waals surface area contributed by atoms with Crippen LogP contribution < -0.4 is 4.90 Å². The molecule has 0 N–H and O–H groups in total. The molecule has 0 aliphatic rings. The van der Waals surface area contributed by atoms with Gasteiger partial charge in [-0.3, -0.25) is 0 Å². The Balaban J connectivity index is 1.97. The number of hydrogen-bond acceptors (Lipinski definition) is 5. The number of esters is 1. The van der Waals surface area contributed by atoms with Crippen molar-refractivity contribution in [3.05, 3.63) is 65.7 Å². The van der Waals surface area contributed by atoms with Crippen molar-refractivity contribution in [1.29, 1.82) is 0 Å². The molecule has 0 aliphatic carbocycles. The summed E-state index contributed by atoms with van der Waals surface area (Å²) in [5, 5.41) is 0. The third-order valence-electron chi connectivity index (χ3n) is 3.44. The number of benzene rings is 2. The average molecular weight is 315 g/mol. The number of anilines is 1. The van der Waals surface area contributed by atoms with E-state index in [1.807, 2.05) is 54.4 Å². The number of ether oxygens (including phenoxy) is 3. The third kappa shape index (κ3) is 4.55. The Labute approximate surface area is 136 Å². The summed E-state index contributed by atoms with van der Waals surface area (Å²) in [5.41, 5.74) is 2.34. The van der Waals surface area contributed by atoms with E-state index in [4.69, 9.17) is 14.2 Å². The van der Waals surface area contributed by atoms with E-state index in [2.05, 4.69) is 0 Å². The molecule has 5 heteroatoms. The summed E-state index contributed by atoms with van der Waals surface area (Å²) < 4.78 is 15.7. The van der Waals surface area contributed by atoms with Crippen molar-refractivity contribution in [3.8, 4) is 0 Å². The van der Waals surface area contributed by atoms with E-state index in [-0.39, 0.29) is 12.6 Å². The van der Waals surface area contributed by atoms with Gasteiger partial charge in [-0.15, -0.1) is 0 Å². The van der Waals surface area contributed by atoms with E-state index >= 15 is 0 Å². The van der Waals surface area contributed by atoms with Crippen molar-refractivity contribution in [2.24, 2.45) is 0 Å². The van der Waals surface area contributed by atoms with Crippen LogP contribution in [0, 0.1) is 0 Å². The lowest BCUT2D eigenvalue weighted by molar-refractivity contribution is -0.0991. The van der Waals surface area contributed by atoms with Crippen LogP contribution in [0.15, 0.2) is 54.6 Å². The molecule has 0 saturated carbocycles. The Morgan fingerprint density at radius 1 is 1.00 bits per heavy atom. The van der Waals surface area contributed by atoms with Gasteiger partial charge in [-0.05, 0) is 29.8 Å². The molecule has 0 unspecified atom stereocenters. The summed E-state index contributed by atoms with van der Waals surface area (Å²) in [6.45, 7) is 0.261. The minimum Gasteiger partial charge on any atom is -0.457 e. The number of carbonyl (C=O) groups is 1. The van der Waals surface area contributed by atoms with Crippen LogP contribution in [0.3, 0.4) is 0 Å². The maximum absolute atomic E-state index is 12.1. The fourth-order valence-corrected chi connectivity index (χ4v) is 2.17. The number of rotatable bonds is 7. The van der Waals surface area contributed by atoms with Crippen molar-refractivity contribution < 1.29 is 19.0 Å². The lowest BCUT2D eigenvalue weighted by Gasteiger charge is -2.27. The Bertz CT molecular complexity index is 609. The topological polar surface area (TPSA) is 48.0 Å². The van der Waals surface area contributed by atoms with E-state index in [0.717, 1.165) is 11.3 Å². The molecular weight excluding hydrogens is 294 g/mol. The molecule has 2 aromatic rings. The van der Waals surface area contributed by atoms with Gasteiger partial charge < -0.3 is 19.1 Å². The minimum atomic E-state index is -0.481. The summed E-state index contributed by atoms with van der Waals surface area (Å²) in [5.74, 6) is -0.349. The summed E-state index contributed by atoms with van der Waals surface area (Å²) in [6.07, 6.45) is -0.481. The lowest BCUT2D eigenvalue weighted by atomic mass is 10.2. The van der Waals surface area contributed by atoms with Crippen LogP contribution in [-0.4, -0.2) is 33.7 Å². The first-order valence-electron chi connectivity index (χ1n) is 7.25. The molecule has 0 bridgehead atoms. The Morgan fingerprint density at radius 3 is 2.17 bits per heavy atom. The van der Waals surface area contributed by atoms with E-state index in [0.29, 0.717) is 5.56 Å². The molecule has 0 radical (unpaired) electrons. The normalized spacial score (nSPS) is 10.6. The van der Waals surface area contributed by atoms with Crippen LogP contribution in [0.4, 0.5) is 5.69 Å². The zero-order valence-electron chi connectivity index (χ0n) is 13.6. The molecule has 0 fully saturated rings. The van der Waals surface area contributed by atoms with E-state index in [1.165, 1.54) is 0 Å². The number of carbonyl (C=O) groups excluding carboxylic acids is 1.